The third-order valence-corrected chi connectivity index (χ3v) is 3.89. The number of rotatable bonds is 4. The minimum Gasteiger partial charge on any atom is -0.260 e. The molecule has 0 radical (unpaired) electrons. The lowest BCUT2D eigenvalue weighted by molar-refractivity contribution is 0.811. The van der Waals surface area contributed by atoms with E-state index >= 15 is 0 Å². The van der Waals surface area contributed by atoms with Crippen LogP contribution in [0.4, 0.5) is 0 Å². The molecule has 0 saturated carbocycles. The maximum atomic E-state index is 4.55. The van der Waals surface area contributed by atoms with Gasteiger partial charge in [0.2, 0.25) is 0 Å². The first-order chi connectivity index (χ1) is 11.8. The Morgan fingerprint density at radius 3 is 2.12 bits per heavy atom. The number of hydrogen-bond acceptors (Lipinski definition) is 1. The van der Waals surface area contributed by atoms with Gasteiger partial charge in [-0.2, -0.15) is 0 Å². The zero-order valence-corrected chi connectivity index (χ0v) is 13.5. The highest BCUT2D eigenvalue weighted by Gasteiger charge is 2.08. The van der Waals surface area contributed by atoms with E-state index < -0.39 is 0 Å². The van der Waals surface area contributed by atoms with E-state index in [1.165, 1.54) is 5.56 Å². The molecule has 0 aliphatic carbocycles. The van der Waals surface area contributed by atoms with E-state index in [4.69, 9.17) is 0 Å². The third-order valence-electron chi connectivity index (χ3n) is 3.89. The number of aromatic nitrogens is 1. The SMILES string of the molecule is C=C[C@H](Cc1ccc(C#Cc2ccccc2)cn1)c1ccccc1. The van der Waals surface area contributed by atoms with Gasteiger partial charge in [0.1, 0.15) is 0 Å². The Morgan fingerprint density at radius 2 is 1.50 bits per heavy atom. The van der Waals surface area contributed by atoms with Gasteiger partial charge in [0, 0.05) is 28.9 Å². The van der Waals surface area contributed by atoms with Crippen LogP contribution in [0.3, 0.4) is 0 Å². The number of hydrogen-bond donors (Lipinski definition) is 0. The summed E-state index contributed by atoms with van der Waals surface area (Å²) in [7, 11) is 0. The molecule has 0 aliphatic heterocycles. The van der Waals surface area contributed by atoms with Crippen LogP contribution in [-0.2, 0) is 6.42 Å². The second-order valence-corrected chi connectivity index (χ2v) is 5.61. The maximum Gasteiger partial charge on any atom is 0.0432 e. The summed E-state index contributed by atoms with van der Waals surface area (Å²) in [4.78, 5) is 4.55. The van der Waals surface area contributed by atoms with Crippen molar-refractivity contribution in [3.63, 3.8) is 0 Å². The first kappa shape index (κ1) is 15.8. The van der Waals surface area contributed by atoms with Crippen LogP contribution in [0.25, 0.3) is 0 Å². The fourth-order valence-electron chi connectivity index (χ4n) is 2.55. The van der Waals surface area contributed by atoms with Crippen LogP contribution in [0.5, 0.6) is 0 Å². The van der Waals surface area contributed by atoms with Gasteiger partial charge in [-0.05, 0) is 36.2 Å². The van der Waals surface area contributed by atoms with E-state index in [2.05, 4.69) is 53.7 Å². The molecule has 0 unspecified atom stereocenters. The lowest BCUT2D eigenvalue weighted by Gasteiger charge is -2.12. The Bertz CT molecular complexity index is 837. The molecule has 116 valence electrons. The van der Waals surface area contributed by atoms with Gasteiger partial charge in [0.05, 0.1) is 0 Å². The number of benzene rings is 2. The average molecular weight is 309 g/mol. The van der Waals surface area contributed by atoms with E-state index in [1.54, 1.807) is 0 Å². The van der Waals surface area contributed by atoms with Crippen LogP contribution in [0.2, 0.25) is 0 Å². The van der Waals surface area contributed by atoms with Crippen LogP contribution in [-0.4, -0.2) is 4.98 Å². The average Bonchev–Trinajstić information content (AvgIpc) is 2.67. The number of allylic oxidation sites excluding steroid dienone is 1. The molecule has 0 fully saturated rings. The smallest absolute Gasteiger partial charge is 0.0432 e. The summed E-state index contributed by atoms with van der Waals surface area (Å²) < 4.78 is 0. The van der Waals surface area contributed by atoms with Gasteiger partial charge in [0.15, 0.2) is 0 Å². The van der Waals surface area contributed by atoms with E-state index in [1.807, 2.05) is 54.7 Å². The molecule has 0 amide bonds. The molecule has 3 aromatic rings. The molecule has 0 saturated heterocycles. The molecule has 1 atom stereocenters. The van der Waals surface area contributed by atoms with Gasteiger partial charge in [-0.25, -0.2) is 0 Å². The predicted molar refractivity (Wildman–Crippen MR) is 99.7 cm³/mol. The highest BCUT2D eigenvalue weighted by molar-refractivity contribution is 5.41. The van der Waals surface area contributed by atoms with Gasteiger partial charge in [0.25, 0.3) is 0 Å². The van der Waals surface area contributed by atoms with Crippen LogP contribution < -0.4 is 0 Å². The largest absolute Gasteiger partial charge is 0.260 e. The van der Waals surface area contributed by atoms with Crippen molar-refractivity contribution in [2.45, 2.75) is 12.3 Å². The zero-order chi connectivity index (χ0) is 16.6. The van der Waals surface area contributed by atoms with Crippen molar-refractivity contribution in [1.82, 2.24) is 4.98 Å². The summed E-state index contributed by atoms with van der Waals surface area (Å²) in [5.41, 5.74) is 4.26. The summed E-state index contributed by atoms with van der Waals surface area (Å²) >= 11 is 0. The van der Waals surface area contributed by atoms with Crippen molar-refractivity contribution in [2.75, 3.05) is 0 Å². The normalized spacial score (nSPS) is 11.2. The highest BCUT2D eigenvalue weighted by atomic mass is 14.7. The minimum absolute atomic E-state index is 0.278. The van der Waals surface area contributed by atoms with E-state index in [0.717, 1.165) is 23.2 Å². The highest BCUT2D eigenvalue weighted by Crippen LogP contribution is 2.20. The van der Waals surface area contributed by atoms with Crippen LogP contribution >= 0.6 is 0 Å². The first-order valence-electron chi connectivity index (χ1n) is 8.04. The molecule has 1 nitrogen and oxygen atoms in total. The van der Waals surface area contributed by atoms with Crippen molar-refractivity contribution < 1.29 is 0 Å². The van der Waals surface area contributed by atoms with Crippen molar-refractivity contribution >= 4 is 0 Å². The second-order valence-electron chi connectivity index (χ2n) is 5.61. The minimum atomic E-state index is 0.278. The van der Waals surface area contributed by atoms with Crippen LogP contribution in [0.15, 0.2) is 91.6 Å². The van der Waals surface area contributed by atoms with E-state index in [-0.39, 0.29) is 5.92 Å². The molecular weight excluding hydrogens is 290 g/mol. The first-order valence-corrected chi connectivity index (χ1v) is 8.04. The summed E-state index contributed by atoms with van der Waals surface area (Å²) in [5, 5.41) is 0. The lowest BCUT2D eigenvalue weighted by Crippen LogP contribution is -2.01. The van der Waals surface area contributed by atoms with Gasteiger partial charge < -0.3 is 0 Å². The molecule has 3 rings (SSSR count). The lowest BCUT2D eigenvalue weighted by atomic mass is 9.94. The molecule has 0 spiro atoms. The fraction of sp³-hybridized carbons (Fsp3) is 0.0870. The summed E-state index contributed by atoms with van der Waals surface area (Å²) in [6.45, 7) is 3.96. The van der Waals surface area contributed by atoms with Crippen molar-refractivity contribution in [3.05, 3.63) is 114 Å². The van der Waals surface area contributed by atoms with Crippen LogP contribution in [0, 0.1) is 11.8 Å². The Hall–Kier alpha value is -3.11. The molecule has 1 heteroatoms. The molecule has 1 heterocycles. The monoisotopic (exact) mass is 309 g/mol. The van der Waals surface area contributed by atoms with Crippen molar-refractivity contribution in [2.24, 2.45) is 0 Å². The number of pyridine rings is 1. The van der Waals surface area contributed by atoms with Crippen molar-refractivity contribution in [1.29, 1.82) is 0 Å². The molecule has 1 aromatic heterocycles. The Balaban J connectivity index is 1.71. The maximum absolute atomic E-state index is 4.55. The molecule has 24 heavy (non-hydrogen) atoms. The van der Waals surface area contributed by atoms with Crippen molar-refractivity contribution in [3.8, 4) is 11.8 Å². The van der Waals surface area contributed by atoms with E-state index in [0.29, 0.717) is 0 Å². The quantitative estimate of drug-likeness (QED) is 0.488. The molecule has 0 bridgehead atoms. The summed E-state index contributed by atoms with van der Waals surface area (Å²) in [6.07, 6.45) is 4.68. The number of nitrogens with zero attached hydrogens (tertiary/aromatic N) is 1. The molecular formula is C23H19N. The third kappa shape index (κ3) is 4.21. The molecule has 2 aromatic carbocycles. The zero-order valence-electron chi connectivity index (χ0n) is 13.5. The summed E-state index contributed by atoms with van der Waals surface area (Å²) in [5.74, 6) is 6.58. The molecule has 0 N–H and O–H groups in total. The Kier molecular flexibility index (Phi) is 5.22. The topological polar surface area (TPSA) is 12.9 Å². The van der Waals surface area contributed by atoms with Crippen LogP contribution in [0.1, 0.15) is 28.3 Å². The molecule has 0 aliphatic rings. The van der Waals surface area contributed by atoms with Gasteiger partial charge in [-0.1, -0.05) is 66.4 Å². The van der Waals surface area contributed by atoms with Gasteiger partial charge in [-0.3, -0.25) is 4.98 Å². The standard InChI is InChI=1S/C23H19N/c1-2-21(22-11-7-4-8-12-22)17-23-16-15-20(18-24-23)14-13-19-9-5-3-6-10-19/h2-12,15-16,18,21H,1,17H2/t21-/m1/s1. The summed E-state index contributed by atoms with van der Waals surface area (Å²) in [6, 6.07) is 24.5. The van der Waals surface area contributed by atoms with Gasteiger partial charge in [-0.15, -0.1) is 6.58 Å². The Morgan fingerprint density at radius 1 is 0.833 bits per heavy atom. The fourth-order valence-corrected chi connectivity index (χ4v) is 2.55. The van der Waals surface area contributed by atoms with E-state index in [9.17, 15) is 0 Å². The van der Waals surface area contributed by atoms with Gasteiger partial charge >= 0.3 is 0 Å². The predicted octanol–water partition coefficient (Wildman–Crippen LogP) is 4.99. The second kappa shape index (κ2) is 7.94. The Labute approximate surface area is 143 Å².